The van der Waals surface area contributed by atoms with E-state index in [2.05, 4.69) is 23.8 Å². The highest BCUT2D eigenvalue weighted by Gasteiger charge is 2.13. The molecule has 0 radical (unpaired) electrons. The molecule has 1 aromatic heterocycles. The van der Waals surface area contributed by atoms with Crippen LogP contribution in [0.25, 0.3) is 10.9 Å². The molecule has 1 heterocycles. The Morgan fingerprint density at radius 1 is 0.969 bits per heavy atom. The van der Waals surface area contributed by atoms with Gasteiger partial charge in [-0.3, -0.25) is 0 Å². The van der Waals surface area contributed by atoms with E-state index in [9.17, 15) is 4.39 Å². The van der Waals surface area contributed by atoms with Gasteiger partial charge in [-0.1, -0.05) is 76.3 Å². The first-order valence-electron chi connectivity index (χ1n) is 11.6. The van der Waals surface area contributed by atoms with Gasteiger partial charge in [-0.2, -0.15) is 0 Å². The Kier molecular flexibility index (Phi) is 10.4. The lowest BCUT2D eigenvalue weighted by molar-refractivity contribution is 0.308. The largest absolute Gasteiger partial charge is 0.362 e. The van der Waals surface area contributed by atoms with Crippen molar-refractivity contribution in [1.82, 2.24) is 9.97 Å². The highest BCUT2D eigenvalue weighted by molar-refractivity contribution is 6.31. The maximum absolute atomic E-state index is 12.4. The molecule has 0 saturated heterocycles. The van der Waals surface area contributed by atoms with Crippen LogP contribution < -0.4 is 4.90 Å². The first-order chi connectivity index (χ1) is 15.2. The number of para-hydroxylation sites is 1. The van der Waals surface area contributed by atoms with Crippen LogP contribution >= 0.6 is 11.6 Å². The number of benzene rings is 2. The average molecular weight is 458 g/mol. The third-order valence-electron chi connectivity index (χ3n) is 5.82. The van der Waals surface area contributed by atoms with Crippen LogP contribution in [-0.4, -0.2) is 24.1 Å². The minimum Gasteiger partial charge on any atom is -0.362 e. The number of halogens is 2. The normalized spacial score (nSPS) is 17.6. The minimum absolute atomic E-state index is 0.276. The molecule has 0 unspecified atom stereocenters. The van der Waals surface area contributed by atoms with Crippen LogP contribution in [-0.2, 0) is 6.42 Å². The number of aromatic nitrogens is 2. The van der Waals surface area contributed by atoms with E-state index < -0.39 is 0 Å². The predicted molar refractivity (Wildman–Crippen MR) is 136 cm³/mol. The van der Waals surface area contributed by atoms with Crippen molar-refractivity contribution >= 4 is 28.3 Å². The fourth-order valence-electron chi connectivity index (χ4n) is 3.75. The molecule has 4 rings (SSSR count). The van der Waals surface area contributed by atoms with Gasteiger partial charge in [-0.15, -0.1) is 0 Å². The first-order valence-corrected chi connectivity index (χ1v) is 11.9. The molecule has 1 aliphatic carbocycles. The third kappa shape index (κ3) is 8.05. The number of hydrogen-bond donors (Lipinski definition) is 0. The topological polar surface area (TPSA) is 29.0 Å². The molecule has 0 aliphatic heterocycles. The number of hydrogen-bond acceptors (Lipinski definition) is 3. The molecule has 2 aromatic carbocycles. The zero-order chi connectivity index (χ0) is 23.7. The van der Waals surface area contributed by atoms with E-state index in [4.69, 9.17) is 11.6 Å². The van der Waals surface area contributed by atoms with Crippen LogP contribution in [0.5, 0.6) is 0 Å². The standard InChI is InChI=1S/C11H13N3.C8H8ClF.C8H16/c1-8-12-10-7-5-4-6-9(10)11(13-8)14(2)3;1-2-6-3-4-7(10)5-8(6)9;1-7-3-5-8(2)6-4-7/h4-7H,1-3H3;3-5H,2H2,1H3;7-8H,3-6H2,1-2H3. The monoisotopic (exact) mass is 457 g/mol. The van der Waals surface area contributed by atoms with Gasteiger partial charge in [0, 0.05) is 24.5 Å². The van der Waals surface area contributed by atoms with Crippen LogP contribution in [0.3, 0.4) is 0 Å². The molecule has 1 fully saturated rings. The Labute approximate surface area is 198 Å². The molecule has 1 saturated carbocycles. The molecule has 0 atom stereocenters. The van der Waals surface area contributed by atoms with Crippen LogP contribution in [0.15, 0.2) is 42.5 Å². The molecule has 1 aliphatic rings. The second-order valence-corrected chi connectivity index (χ2v) is 9.37. The van der Waals surface area contributed by atoms with Crippen molar-refractivity contribution in [3.63, 3.8) is 0 Å². The quantitative estimate of drug-likeness (QED) is 0.391. The van der Waals surface area contributed by atoms with Crippen molar-refractivity contribution in [2.75, 3.05) is 19.0 Å². The fourth-order valence-corrected chi connectivity index (χ4v) is 4.05. The summed E-state index contributed by atoms with van der Waals surface area (Å²) in [6.45, 7) is 8.64. The van der Waals surface area contributed by atoms with Crippen LogP contribution in [0, 0.1) is 24.6 Å². The number of fused-ring (bicyclic) bond motifs is 1. The summed E-state index contributed by atoms with van der Waals surface area (Å²) >= 11 is 5.69. The lowest BCUT2D eigenvalue weighted by Gasteiger charge is -2.22. The SMILES string of the molecule is CC1CCC(C)CC1.CCc1ccc(F)cc1Cl.Cc1nc(N(C)C)c2ccccc2n1. The van der Waals surface area contributed by atoms with E-state index in [0.29, 0.717) is 5.02 Å². The van der Waals surface area contributed by atoms with E-state index in [-0.39, 0.29) is 5.82 Å². The van der Waals surface area contributed by atoms with E-state index >= 15 is 0 Å². The van der Waals surface area contributed by atoms with Crippen molar-refractivity contribution in [3.8, 4) is 0 Å². The summed E-state index contributed by atoms with van der Waals surface area (Å²) in [4.78, 5) is 10.8. The molecular formula is C27H37ClFN3. The maximum Gasteiger partial charge on any atom is 0.139 e. The summed E-state index contributed by atoms with van der Waals surface area (Å²) in [6.07, 6.45) is 6.74. The fraction of sp³-hybridized carbons (Fsp3) is 0.481. The summed E-state index contributed by atoms with van der Waals surface area (Å²) in [6, 6.07) is 12.5. The van der Waals surface area contributed by atoms with Gasteiger partial charge in [0.2, 0.25) is 0 Å². The summed E-state index contributed by atoms with van der Waals surface area (Å²) in [7, 11) is 3.99. The van der Waals surface area contributed by atoms with Gasteiger partial charge >= 0.3 is 0 Å². The van der Waals surface area contributed by atoms with Crippen molar-refractivity contribution in [3.05, 3.63) is 64.7 Å². The molecule has 0 N–H and O–H groups in total. The van der Waals surface area contributed by atoms with E-state index in [1.165, 1.54) is 37.8 Å². The molecule has 5 heteroatoms. The van der Waals surface area contributed by atoms with Crippen LogP contribution in [0.1, 0.15) is 57.8 Å². The van der Waals surface area contributed by atoms with Crippen LogP contribution in [0.2, 0.25) is 5.02 Å². The minimum atomic E-state index is -0.276. The Balaban J connectivity index is 0.000000178. The second-order valence-electron chi connectivity index (χ2n) is 8.96. The predicted octanol–water partition coefficient (Wildman–Crippen LogP) is 7.88. The van der Waals surface area contributed by atoms with Crippen molar-refractivity contribution in [2.24, 2.45) is 11.8 Å². The van der Waals surface area contributed by atoms with Gasteiger partial charge < -0.3 is 4.90 Å². The van der Waals surface area contributed by atoms with E-state index in [1.807, 2.05) is 57.1 Å². The van der Waals surface area contributed by atoms with Crippen LogP contribution in [0.4, 0.5) is 10.2 Å². The summed E-state index contributed by atoms with van der Waals surface area (Å²) in [5.41, 5.74) is 1.99. The molecule has 0 bridgehead atoms. The lowest BCUT2D eigenvalue weighted by atomic mass is 9.84. The van der Waals surface area contributed by atoms with E-state index in [1.54, 1.807) is 6.07 Å². The van der Waals surface area contributed by atoms with Gasteiger partial charge in [-0.25, -0.2) is 14.4 Å². The lowest BCUT2D eigenvalue weighted by Crippen LogP contribution is -2.12. The third-order valence-corrected chi connectivity index (χ3v) is 6.17. The Morgan fingerprint density at radius 2 is 1.56 bits per heavy atom. The van der Waals surface area contributed by atoms with Gasteiger partial charge in [0.1, 0.15) is 17.5 Å². The number of rotatable bonds is 2. The number of nitrogens with zero attached hydrogens (tertiary/aromatic N) is 3. The number of aryl methyl sites for hydroxylation is 2. The second kappa shape index (κ2) is 12.7. The Morgan fingerprint density at radius 3 is 2.09 bits per heavy atom. The molecular weight excluding hydrogens is 421 g/mol. The smallest absolute Gasteiger partial charge is 0.139 e. The van der Waals surface area contributed by atoms with Crippen molar-refractivity contribution in [1.29, 1.82) is 0 Å². The summed E-state index contributed by atoms with van der Waals surface area (Å²) in [5.74, 6) is 3.56. The summed E-state index contributed by atoms with van der Waals surface area (Å²) < 4.78 is 12.4. The van der Waals surface area contributed by atoms with Gasteiger partial charge in [0.25, 0.3) is 0 Å². The average Bonchev–Trinajstić information content (AvgIpc) is 2.76. The number of anilines is 1. The van der Waals surface area contributed by atoms with Gasteiger partial charge in [0.15, 0.2) is 0 Å². The molecule has 174 valence electrons. The Hall–Kier alpha value is -2.20. The zero-order valence-electron chi connectivity index (χ0n) is 20.3. The zero-order valence-corrected chi connectivity index (χ0v) is 21.1. The van der Waals surface area contributed by atoms with Gasteiger partial charge in [0.05, 0.1) is 5.52 Å². The molecule has 32 heavy (non-hydrogen) atoms. The van der Waals surface area contributed by atoms with E-state index in [0.717, 1.165) is 46.4 Å². The first kappa shape index (κ1) is 26.1. The van der Waals surface area contributed by atoms with Gasteiger partial charge in [-0.05, 0) is 55.0 Å². The highest BCUT2D eigenvalue weighted by atomic mass is 35.5. The molecule has 3 nitrogen and oxygen atoms in total. The maximum atomic E-state index is 12.4. The Bertz CT molecular complexity index is 972. The van der Waals surface area contributed by atoms with Crippen molar-refractivity contribution < 1.29 is 4.39 Å². The molecule has 0 spiro atoms. The summed E-state index contributed by atoms with van der Waals surface area (Å²) in [5, 5.41) is 1.62. The van der Waals surface area contributed by atoms with Crippen molar-refractivity contribution in [2.45, 2.75) is 59.8 Å². The molecule has 0 amide bonds. The highest BCUT2D eigenvalue weighted by Crippen LogP contribution is 2.27. The molecule has 3 aromatic rings.